The number of rotatable bonds is 3. The van der Waals surface area contributed by atoms with Gasteiger partial charge in [-0.1, -0.05) is 6.92 Å². The fraction of sp³-hybridized carbons (Fsp3) is 0.800. The van der Waals surface area contributed by atoms with Gasteiger partial charge < -0.3 is 0 Å². The number of hydrogen-bond acceptors (Lipinski definition) is 3. The summed E-state index contributed by atoms with van der Waals surface area (Å²) >= 11 is 0. The summed E-state index contributed by atoms with van der Waals surface area (Å²) in [5.41, 5.74) is 0. The molecule has 0 fully saturated rings. The van der Waals surface area contributed by atoms with E-state index >= 15 is 0 Å². The molecule has 0 aromatic rings. The van der Waals surface area contributed by atoms with E-state index in [1.165, 1.54) is 6.66 Å². The lowest BCUT2D eigenvalue weighted by Gasteiger charge is -1.85. The van der Waals surface area contributed by atoms with Gasteiger partial charge in [0.1, 0.15) is 0 Å². The monoisotopic (exact) mass is 149 g/mol. The topological polar surface area (TPSA) is 43.4 Å². The zero-order chi connectivity index (χ0) is 7.28. The molecule has 0 heterocycles. The Bertz CT molecular complexity index is 121. The first-order valence-electron chi connectivity index (χ1n) is 2.78. The number of carbonyl (C=O) groups is 1. The highest BCUT2D eigenvalue weighted by molar-refractivity contribution is 7.38. The van der Waals surface area contributed by atoms with Crippen LogP contribution in [0.1, 0.15) is 19.8 Å². The molecule has 0 aliphatic carbocycles. The average Bonchev–Trinajstić information content (AvgIpc) is 1.63. The van der Waals surface area contributed by atoms with Crippen LogP contribution in [0.3, 0.4) is 0 Å². The van der Waals surface area contributed by atoms with Crippen molar-refractivity contribution in [2.24, 2.45) is 0 Å². The molecule has 1 unspecified atom stereocenters. The van der Waals surface area contributed by atoms with Crippen LogP contribution in [0.15, 0.2) is 0 Å². The van der Waals surface area contributed by atoms with Crippen LogP contribution in [0.25, 0.3) is 0 Å². The molecular formula is C5H10O3P+. The quantitative estimate of drug-likeness (QED) is 0.573. The molecule has 0 aromatic carbocycles. The van der Waals surface area contributed by atoms with E-state index in [-0.39, 0.29) is 5.97 Å². The van der Waals surface area contributed by atoms with Crippen molar-refractivity contribution in [2.75, 3.05) is 6.66 Å². The third kappa shape index (κ3) is 5.44. The molecule has 3 nitrogen and oxygen atoms in total. The van der Waals surface area contributed by atoms with E-state index in [2.05, 4.69) is 4.52 Å². The Kier molecular flexibility index (Phi) is 4.24. The van der Waals surface area contributed by atoms with Gasteiger partial charge in [0, 0.05) is 0 Å². The maximum Gasteiger partial charge on any atom is 0.555 e. The molecule has 4 heteroatoms. The molecule has 0 rings (SSSR count). The lowest BCUT2D eigenvalue weighted by atomic mass is 10.4. The molecule has 0 aliphatic heterocycles. The summed E-state index contributed by atoms with van der Waals surface area (Å²) in [6.45, 7) is 3.23. The molecule has 0 radical (unpaired) electrons. The normalized spacial score (nSPS) is 10.7. The second kappa shape index (κ2) is 4.45. The molecule has 9 heavy (non-hydrogen) atoms. The first-order chi connectivity index (χ1) is 4.16. The van der Waals surface area contributed by atoms with Crippen LogP contribution in [0.2, 0.25) is 0 Å². The maximum absolute atomic E-state index is 10.4. The Morgan fingerprint density at radius 3 is 2.56 bits per heavy atom. The molecule has 0 amide bonds. The van der Waals surface area contributed by atoms with Crippen LogP contribution in [0.4, 0.5) is 0 Å². The van der Waals surface area contributed by atoms with Crippen molar-refractivity contribution < 1.29 is 13.9 Å². The summed E-state index contributed by atoms with van der Waals surface area (Å²) in [5, 5.41) is 0. The molecule has 0 aliphatic rings. The molecule has 0 saturated carbocycles. The minimum Gasteiger partial charge on any atom is -0.247 e. The fourth-order valence-corrected chi connectivity index (χ4v) is 0.771. The maximum atomic E-state index is 10.4. The SMILES string of the molecule is CCCC(=O)O[P+](C)=O. The number of hydrogen-bond donors (Lipinski definition) is 0. The summed E-state index contributed by atoms with van der Waals surface area (Å²) in [7, 11) is -1.75. The zero-order valence-electron chi connectivity index (χ0n) is 5.59. The van der Waals surface area contributed by atoms with Crippen LogP contribution >= 0.6 is 8.03 Å². The summed E-state index contributed by atoms with van der Waals surface area (Å²) < 4.78 is 14.6. The van der Waals surface area contributed by atoms with Crippen molar-refractivity contribution in [3.05, 3.63) is 0 Å². The lowest BCUT2D eigenvalue weighted by molar-refractivity contribution is -0.133. The molecule has 52 valence electrons. The van der Waals surface area contributed by atoms with Crippen molar-refractivity contribution in [3.8, 4) is 0 Å². The molecule has 0 aromatic heterocycles. The number of carbonyl (C=O) groups excluding carboxylic acids is 1. The minimum absolute atomic E-state index is 0.356. The van der Waals surface area contributed by atoms with Crippen LogP contribution in [0, 0.1) is 0 Å². The van der Waals surface area contributed by atoms with Gasteiger partial charge in [-0.3, -0.25) is 0 Å². The Morgan fingerprint density at radius 1 is 1.67 bits per heavy atom. The Labute approximate surface area is 55.3 Å². The Morgan fingerprint density at radius 2 is 2.22 bits per heavy atom. The van der Waals surface area contributed by atoms with Crippen molar-refractivity contribution in [3.63, 3.8) is 0 Å². The van der Waals surface area contributed by atoms with Gasteiger partial charge in [0.25, 0.3) is 0 Å². The summed E-state index contributed by atoms with van der Waals surface area (Å²) in [6, 6.07) is 0. The van der Waals surface area contributed by atoms with Crippen LogP contribution in [-0.4, -0.2) is 12.6 Å². The highest BCUT2D eigenvalue weighted by Crippen LogP contribution is 2.16. The van der Waals surface area contributed by atoms with Gasteiger partial charge in [0.15, 0.2) is 6.66 Å². The molecule has 0 bridgehead atoms. The van der Waals surface area contributed by atoms with Gasteiger partial charge in [-0.15, -0.1) is 0 Å². The highest BCUT2D eigenvalue weighted by Gasteiger charge is 2.13. The molecule has 1 atom stereocenters. The third-order valence-electron chi connectivity index (χ3n) is 0.684. The average molecular weight is 149 g/mol. The standard InChI is InChI=1S/C5H10O3P/c1-3-4-5(6)8-9(2)7/h3-4H2,1-2H3/q+1. The van der Waals surface area contributed by atoms with Gasteiger partial charge in [0.2, 0.25) is 0 Å². The predicted molar refractivity (Wildman–Crippen MR) is 34.5 cm³/mol. The largest absolute Gasteiger partial charge is 0.555 e. The van der Waals surface area contributed by atoms with E-state index in [9.17, 15) is 9.36 Å². The summed E-state index contributed by atoms with van der Waals surface area (Å²) in [4.78, 5) is 10.4. The lowest BCUT2D eigenvalue weighted by Crippen LogP contribution is -1.95. The molecular weight excluding hydrogens is 139 g/mol. The summed E-state index contributed by atoms with van der Waals surface area (Å²) in [6.07, 6.45) is 1.09. The van der Waals surface area contributed by atoms with E-state index in [0.29, 0.717) is 6.42 Å². The van der Waals surface area contributed by atoms with Gasteiger partial charge in [-0.25, -0.2) is 9.32 Å². The molecule has 0 saturated heterocycles. The van der Waals surface area contributed by atoms with Gasteiger partial charge in [-0.2, -0.15) is 0 Å². The summed E-state index contributed by atoms with van der Waals surface area (Å²) in [5.74, 6) is -0.374. The van der Waals surface area contributed by atoms with Gasteiger partial charge in [-0.05, 0) is 11.0 Å². The zero-order valence-corrected chi connectivity index (χ0v) is 6.48. The van der Waals surface area contributed by atoms with E-state index in [0.717, 1.165) is 6.42 Å². The van der Waals surface area contributed by atoms with Gasteiger partial charge >= 0.3 is 14.0 Å². The van der Waals surface area contributed by atoms with Crippen LogP contribution < -0.4 is 0 Å². The minimum atomic E-state index is -1.75. The second-order valence-corrected chi connectivity index (χ2v) is 2.71. The first-order valence-corrected chi connectivity index (χ1v) is 4.41. The Balaban J connectivity index is 3.39. The van der Waals surface area contributed by atoms with Crippen molar-refractivity contribution >= 4 is 14.0 Å². The van der Waals surface area contributed by atoms with E-state index < -0.39 is 8.03 Å². The third-order valence-corrected chi connectivity index (χ3v) is 1.15. The van der Waals surface area contributed by atoms with Crippen molar-refractivity contribution in [1.29, 1.82) is 0 Å². The molecule has 0 N–H and O–H groups in total. The fourth-order valence-electron chi connectivity index (χ4n) is 0.393. The van der Waals surface area contributed by atoms with E-state index in [1.54, 1.807) is 0 Å². The van der Waals surface area contributed by atoms with Crippen molar-refractivity contribution in [1.82, 2.24) is 0 Å². The van der Waals surface area contributed by atoms with Gasteiger partial charge in [0.05, 0.1) is 6.42 Å². The van der Waals surface area contributed by atoms with E-state index in [1.807, 2.05) is 6.92 Å². The smallest absolute Gasteiger partial charge is 0.247 e. The van der Waals surface area contributed by atoms with Crippen LogP contribution in [-0.2, 0) is 13.9 Å². The first kappa shape index (κ1) is 8.57. The predicted octanol–water partition coefficient (Wildman–Crippen LogP) is 1.70. The van der Waals surface area contributed by atoms with Crippen molar-refractivity contribution in [2.45, 2.75) is 19.8 Å². The Hall–Kier alpha value is -0.430. The second-order valence-electron chi connectivity index (χ2n) is 1.65. The molecule has 0 spiro atoms. The van der Waals surface area contributed by atoms with E-state index in [4.69, 9.17) is 0 Å². The van der Waals surface area contributed by atoms with Crippen LogP contribution in [0.5, 0.6) is 0 Å². The highest BCUT2D eigenvalue weighted by atomic mass is 31.1.